The van der Waals surface area contributed by atoms with Crippen LogP contribution in [0.15, 0.2) is 29.4 Å². The molecule has 0 unspecified atom stereocenters. The first kappa shape index (κ1) is 14.0. The zero-order valence-electron chi connectivity index (χ0n) is 10.8. The van der Waals surface area contributed by atoms with Crippen molar-refractivity contribution in [3.63, 3.8) is 0 Å². The van der Waals surface area contributed by atoms with Gasteiger partial charge in [0.05, 0.1) is 6.54 Å². The molecule has 0 saturated heterocycles. The van der Waals surface area contributed by atoms with E-state index in [2.05, 4.69) is 5.16 Å². The Bertz CT molecular complexity index is 444. The van der Waals surface area contributed by atoms with Crippen LogP contribution in [0.1, 0.15) is 29.8 Å². The summed E-state index contributed by atoms with van der Waals surface area (Å²) in [7, 11) is 0. The Kier molecular flexibility index (Phi) is 5.17. The molecule has 0 aliphatic rings. The van der Waals surface area contributed by atoms with E-state index in [4.69, 9.17) is 10.9 Å². The maximum atomic E-state index is 12.3. The zero-order valence-corrected chi connectivity index (χ0v) is 10.8. The number of likely N-dealkylation sites (N-methyl/N-ethyl adjacent to an activating group) is 1. The van der Waals surface area contributed by atoms with Crippen LogP contribution in [0.25, 0.3) is 0 Å². The van der Waals surface area contributed by atoms with E-state index in [9.17, 15) is 4.79 Å². The van der Waals surface area contributed by atoms with Gasteiger partial charge in [-0.1, -0.05) is 30.3 Å². The van der Waals surface area contributed by atoms with Crippen molar-refractivity contribution in [2.45, 2.75) is 20.3 Å². The Labute approximate surface area is 107 Å². The minimum atomic E-state index is -0.0958. The number of hydrogen-bond donors (Lipinski definition) is 2. The number of nitrogens with two attached hydrogens (primary N) is 1. The Morgan fingerprint density at radius 1 is 1.39 bits per heavy atom. The maximum absolute atomic E-state index is 12.3. The largest absolute Gasteiger partial charge is 0.409 e. The fourth-order valence-electron chi connectivity index (χ4n) is 1.76. The number of benzene rings is 1. The van der Waals surface area contributed by atoms with Gasteiger partial charge in [0.25, 0.3) is 5.91 Å². The third-order valence-electron chi connectivity index (χ3n) is 2.78. The third kappa shape index (κ3) is 3.23. The Balaban J connectivity index is 2.96. The molecule has 18 heavy (non-hydrogen) atoms. The molecule has 0 aliphatic carbocycles. The van der Waals surface area contributed by atoms with Gasteiger partial charge in [-0.15, -0.1) is 0 Å². The van der Waals surface area contributed by atoms with Gasteiger partial charge in [0, 0.05) is 12.1 Å². The van der Waals surface area contributed by atoms with E-state index in [0.29, 0.717) is 12.1 Å². The molecule has 5 nitrogen and oxygen atoms in total. The summed E-state index contributed by atoms with van der Waals surface area (Å²) >= 11 is 0. The Morgan fingerprint density at radius 2 is 2.06 bits per heavy atom. The van der Waals surface area contributed by atoms with E-state index in [1.165, 1.54) is 0 Å². The summed E-state index contributed by atoms with van der Waals surface area (Å²) in [5.41, 5.74) is 7.12. The molecule has 0 spiro atoms. The summed E-state index contributed by atoms with van der Waals surface area (Å²) in [6.45, 7) is 4.50. The number of oxime groups is 1. The molecule has 3 N–H and O–H groups in total. The highest BCUT2D eigenvalue weighted by molar-refractivity contribution is 5.98. The summed E-state index contributed by atoms with van der Waals surface area (Å²) in [6, 6.07) is 7.49. The number of amidine groups is 1. The van der Waals surface area contributed by atoms with Gasteiger partial charge in [-0.05, 0) is 25.0 Å². The summed E-state index contributed by atoms with van der Waals surface area (Å²) < 4.78 is 0. The van der Waals surface area contributed by atoms with Crippen molar-refractivity contribution in [3.05, 3.63) is 35.4 Å². The molecule has 1 amide bonds. The number of carbonyl (C=O) groups is 1. The van der Waals surface area contributed by atoms with Crippen molar-refractivity contribution in [3.8, 4) is 0 Å². The minimum Gasteiger partial charge on any atom is -0.409 e. The summed E-state index contributed by atoms with van der Waals surface area (Å²) in [5, 5.41) is 11.5. The van der Waals surface area contributed by atoms with Crippen LogP contribution >= 0.6 is 0 Å². The summed E-state index contributed by atoms with van der Waals surface area (Å²) in [6.07, 6.45) is 0.795. The highest BCUT2D eigenvalue weighted by atomic mass is 16.4. The smallest absolute Gasteiger partial charge is 0.254 e. The van der Waals surface area contributed by atoms with E-state index < -0.39 is 0 Å². The third-order valence-corrected chi connectivity index (χ3v) is 2.78. The first-order valence-electron chi connectivity index (χ1n) is 5.97. The highest BCUT2D eigenvalue weighted by Gasteiger charge is 2.17. The van der Waals surface area contributed by atoms with Crippen molar-refractivity contribution >= 4 is 11.7 Å². The first-order valence-corrected chi connectivity index (χ1v) is 5.97. The molecule has 0 fully saturated rings. The second kappa shape index (κ2) is 6.64. The van der Waals surface area contributed by atoms with Crippen LogP contribution in [-0.2, 0) is 6.42 Å². The van der Waals surface area contributed by atoms with Gasteiger partial charge in [-0.25, -0.2) is 0 Å². The van der Waals surface area contributed by atoms with Crippen molar-refractivity contribution in [1.29, 1.82) is 0 Å². The van der Waals surface area contributed by atoms with Crippen molar-refractivity contribution in [2.24, 2.45) is 10.9 Å². The molecule has 0 aliphatic heterocycles. The molecule has 0 radical (unpaired) electrons. The Hall–Kier alpha value is -2.04. The monoisotopic (exact) mass is 249 g/mol. The molecular weight excluding hydrogens is 230 g/mol. The first-order chi connectivity index (χ1) is 8.63. The number of nitrogens with zero attached hydrogens (tertiary/aromatic N) is 2. The number of carbonyl (C=O) groups excluding carboxylic acids is 1. The van der Waals surface area contributed by atoms with Gasteiger partial charge < -0.3 is 15.8 Å². The molecule has 0 aromatic heterocycles. The van der Waals surface area contributed by atoms with Crippen molar-refractivity contribution in [1.82, 2.24) is 4.90 Å². The average Bonchev–Trinajstić information content (AvgIpc) is 2.43. The average molecular weight is 249 g/mol. The van der Waals surface area contributed by atoms with Gasteiger partial charge >= 0.3 is 0 Å². The molecular formula is C13H19N3O2. The molecule has 0 atom stereocenters. The molecule has 1 rings (SSSR count). The molecule has 1 aromatic carbocycles. The van der Waals surface area contributed by atoms with Crippen molar-refractivity contribution in [2.75, 3.05) is 13.1 Å². The second-order valence-corrected chi connectivity index (χ2v) is 3.92. The fourth-order valence-corrected chi connectivity index (χ4v) is 1.76. The SMILES string of the molecule is CCc1ccccc1C(=O)N(CC)C/C(N)=N/O. The van der Waals surface area contributed by atoms with Crippen LogP contribution in [0.3, 0.4) is 0 Å². The van der Waals surface area contributed by atoms with Gasteiger partial charge in [0.15, 0.2) is 5.84 Å². The van der Waals surface area contributed by atoms with E-state index in [1.807, 2.05) is 32.0 Å². The van der Waals surface area contributed by atoms with Gasteiger partial charge in [-0.2, -0.15) is 0 Å². The number of amides is 1. The number of aryl methyl sites for hydroxylation is 1. The standard InChI is InChI=1S/C13H19N3O2/c1-3-10-7-5-6-8-11(10)13(17)16(4-2)9-12(14)15-18/h5-8,18H,3-4,9H2,1-2H3,(H2,14,15). The van der Waals surface area contributed by atoms with Crippen LogP contribution in [0, 0.1) is 0 Å². The number of hydrogen-bond acceptors (Lipinski definition) is 3. The summed E-state index contributed by atoms with van der Waals surface area (Å²) in [4.78, 5) is 13.9. The molecule has 5 heteroatoms. The molecule has 98 valence electrons. The van der Waals surface area contributed by atoms with Crippen LogP contribution in [0.4, 0.5) is 0 Å². The fraction of sp³-hybridized carbons (Fsp3) is 0.385. The predicted octanol–water partition coefficient (Wildman–Crippen LogP) is 1.46. The molecule has 0 heterocycles. The predicted molar refractivity (Wildman–Crippen MR) is 70.8 cm³/mol. The van der Waals surface area contributed by atoms with E-state index >= 15 is 0 Å². The quantitative estimate of drug-likeness (QED) is 0.359. The van der Waals surface area contributed by atoms with Gasteiger partial charge in [0.2, 0.25) is 0 Å². The van der Waals surface area contributed by atoms with Gasteiger partial charge in [-0.3, -0.25) is 4.79 Å². The van der Waals surface area contributed by atoms with Crippen molar-refractivity contribution < 1.29 is 10.0 Å². The Morgan fingerprint density at radius 3 is 2.61 bits per heavy atom. The molecule has 0 bridgehead atoms. The lowest BCUT2D eigenvalue weighted by molar-refractivity contribution is 0.0785. The van der Waals surface area contributed by atoms with E-state index in [0.717, 1.165) is 12.0 Å². The lowest BCUT2D eigenvalue weighted by atomic mass is 10.0. The highest BCUT2D eigenvalue weighted by Crippen LogP contribution is 2.12. The maximum Gasteiger partial charge on any atom is 0.254 e. The van der Waals surface area contributed by atoms with Crippen LogP contribution in [-0.4, -0.2) is 34.9 Å². The summed E-state index contributed by atoms with van der Waals surface area (Å²) in [5.74, 6) is -0.0688. The van der Waals surface area contributed by atoms with Crippen LogP contribution in [0.5, 0.6) is 0 Å². The lowest BCUT2D eigenvalue weighted by Crippen LogP contribution is -2.38. The van der Waals surface area contributed by atoms with Gasteiger partial charge in [0.1, 0.15) is 0 Å². The molecule has 0 saturated carbocycles. The zero-order chi connectivity index (χ0) is 13.5. The van der Waals surface area contributed by atoms with E-state index in [-0.39, 0.29) is 18.3 Å². The normalized spacial score (nSPS) is 11.3. The van der Waals surface area contributed by atoms with Crippen LogP contribution in [0.2, 0.25) is 0 Å². The van der Waals surface area contributed by atoms with Crippen LogP contribution < -0.4 is 5.73 Å². The van der Waals surface area contributed by atoms with E-state index in [1.54, 1.807) is 11.0 Å². The lowest BCUT2D eigenvalue weighted by Gasteiger charge is -2.21. The second-order valence-electron chi connectivity index (χ2n) is 3.92. The number of rotatable bonds is 5. The molecule has 1 aromatic rings. The topological polar surface area (TPSA) is 78.9 Å². The minimum absolute atomic E-state index is 0.0270.